The van der Waals surface area contributed by atoms with E-state index in [1.807, 2.05) is 12.1 Å². The third-order valence-corrected chi connectivity index (χ3v) is 2.79. The summed E-state index contributed by atoms with van der Waals surface area (Å²) >= 11 is 0. The van der Waals surface area contributed by atoms with E-state index < -0.39 is 10.0 Å². The fourth-order valence-electron chi connectivity index (χ4n) is 1.54. The van der Waals surface area contributed by atoms with Crippen molar-refractivity contribution in [2.75, 3.05) is 11.0 Å². The van der Waals surface area contributed by atoms with Gasteiger partial charge >= 0.3 is 0 Å². The van der Waals surface area contributed by atoms with Gasteiger partial charge in [-0.1, -0.05) is 30.3 Å². The third kappa shape index (κ3) is 2.09. The Morgan fingerprint density at radius 1 is 1.12 bits per heavy atom. The maximum absolute atomic E-state index is 11.1. The number of phenols is 1. The fourth-order valence-corrected chi connectivity index (χ4v) is 2.10. The molecule has 0 radical (unpaired) electrons. The van der Waals surface area contributed by atoms with Crippen molar-refractivity contribution in [3.8, 4) is 5.75 Å². The number of aromatic hydroxyl groups is 1. The van der Waals surface area contributed by atoms with Crippen molar-refractivity contribution < 1.29 is 13.5 Å². The number of hydrogen-bond donors (Lipinski definition) is 2. The van der Waals surface area contributed by atoms with Crippen LogP contribution in [0.4, 0.5) is 5.69 Å². The van der Waals surface area contributed by atoms with E-state index in [4.69, 9.17) is 0 Å². The van der Waals surface area contributed by atoms with Gasteiger partial charge in [0.15, 0.2) is 0 Å². The van der Waals surface area contributed by atoms with E-state index in [1.165, 1.54) is 0 Å². The molecule has 0 heterocycles. The Bertz CT molecular complexity index is 635. The van der Waals surface area contributed by atoms with Crippen LogP contribution in [0, 0.1) is 0 Å². The molecule has 0 saturated heterocycles. The molecule has 5 heteroatoms. The van der Waals surface area contributed by atoms with Crippen LogP contribution >= 0.6 is 0 Å². The molecule has 2 aromatic carbocycles. The highest BCUT2D eigenvalue weighted by molar-refractivity contribution is 7.92. The van der Waals surface area contributed by atoms with Crippen LogP contribution in [0.25, 0.3) is 10.8 Å². The number of phenolic OH excluding ortho intramolecular Hbond substituents is 1. The highest BCUT2D eigenvalue weighted by Gasteiger charge is 2.09. The first kappa shape index (κ1) is 10.8. The number of hydrogen-bond acceptors (Lipinski definition) is 3. The van der Waals surface area contributed by atoms with Gasteiger partial charge in [0.25, 0.3) is 0 Å². The number of rotatable bonds is 2. The molecule has 16 heavy (non-hydrogen) atoms. The Balaban J connectivity index is 2.61. The lowest BCUT2D eigenvalue weighted by Crippen LogP contribution is -2.09. The van der Waals surface area contributed by atoms with Gasteiger partial charge in [0, 0.05) is 5.39 Å². The van der Waals surface area contributed by atoms with E-state index in [9.17, 15) is 13.5 Å². The third-order valence-electron chi connectivity index (χ3n) is 2.20. The molecule has 84 valence electrons. The largest absolute Gasteiger partial charge is 0.505 e. The summed E-state index contributed by atoms with van der Waals surface area (Å²) in [7, 11) is -3.38. The number of benzene rings is 2. The molecule has 0 atom stereocenters. The fraction of sp³-hybridized carbons (Fsp3) is 0.0909. The number of sulfonamides is 1. The minimum absolute atomic E-state index is 0.0523. The molecule has 0 fully saturated rings. The summed E-state index contributed by atoms with van der Waals surface area (Å²) in [6.45, 7) is 0. The number of anilines is 1. The lowest BCUT2D eigenvalue weighted by Gasteiger charge is -2.08. The van der Waals surface area contributed by atoms with Crippen LogP contribution in [0.5, 0.6) is 5.75 Å². The summed E-state index contributed by atoms with van der Waals surface area (Å²) in [6.07, 6.45) is 1.04. The Hall–Kier alpha value is -1.75. The standard InChI is InChI=1S/C11H11NO3S/c1-16(14,15)12-10-7-6-8-4-2-3-5-9(8)11(10)13/h2-7,12-13H,1H3. The molecule has 0 saturated carbocycles. The van der Waals surface area contributed by atoms with E-state index in [0.717, 1.165) is 11.6 Å². The van der Waals surface area contributed by atoms with Crippen LogP contribution in [-0.2, 0) is 10.0 Å². The second-order valence-corrected chi connectivity index (χ2v) is 5.31. The van der Waals surface area contributed by atoms with Crippen LogP contribution in [0.15, 0.2) is 36.4 Å². The summed E-state index contributed by atoms with van der Waals surface area (Å²) in [6, 6.07) is 10.5. The monoisotopic (exact) mass is 237 g/mol. The molecule has 0 aliphatic rings. The van der Waals surface area contributed by atoms with Crippen LogP contribution in [-0.4, -0.2) is 19.8 Å². The summed E-state index contributed by atoms with van der Waals surface area (Å²) in [4.78, 5) is 0. The number of nitrogens with one attached hydrogen (secondary N) is 1. The SMILES string of the molecule is CS(=O)(=O)Nc1ccc2ccccc2c1O. The van der Waals surface area contributed by atoms with Gasteiger partial charge in [0.2, 0.25) is 10.0 Å². The molecular formula is C11H11NO3S. The zero-order valence-corrected chi connectivity index (χ0v) is 9.45. The van der Waals surface area contributed by atoms with Gasteiger partial charge in [0.05, 0.1) is 11.9 Å². The molecule has 0 aliphatic heterocycles. The molecule has 2 N–H and O–H groups in total. The van der Waals surface area contributed by atoms with Gasteiger partial charge in [-0.05, 0) is 11.5 Å². The molecule has 0 bridgehead atoms. The van der Waals surface area contributed by atoms with Crippen LogP contribution < -0.4 is 4.72 Å². The number of fused-ring (bicyclic) bond motifs is 1. The summed E-state index contributed by atoms with van der Waals surface area (Å²) in [5.41, 5.74) is 0.196. The molecular weight excluding hydrogens is 226 g/mol. The van der Waals surface area contributed by atoms with Crippen LogP contribution in [0.1, 0.15) is 0 Å². The molecule has 4 nitrogen and oxygen atoms in total. The highest BCUT2D eigenvalue weighted by atomic mass is 32.2. The van der Waals surface area contributed by atoms with Gasteiger partial charge in [-0.3, -0.25) is 4.72 Å². The highest BCUT2D eigenvalue weighted by Crippen LogP contribution is 2.32. The zero-order valence-electron chi connectivity index (χ0n) is 8.64. The van der Waals surface area contributed by atoms with Gasteiger partial charge in [-0.25, -0.2) is 8.42 Å². The molecule has 2 rings (SSSR count). The van der Waals surface area contributed by atoms with Crippen molar-refractivity contribution in [1.29, 1.82) is 0 Å². The quantitative estimate of drug-likeness (QED) is 0.784. The Labute approximate surface area is 93.6 Å². The average molecular weight is 237 g/mol. The lowest BCUT2D eigenvalue weighted by molar-refractivity contribution is 0.484. The maximum Gasteiger partial charge on any atom is 0.229 e. The summed E-state index contributed by atoms with van der Waals surface area (Å²) in [5, 5.41) is 11.4. The van der Waals surface area contributed by atoms with E-state index in [2.05, 4.69) is 4.72 Å². The molecule has 0 unspecified atom stereocenters. The molecule has 0 amide bonds. The van der Waals surface area contributed by atoms with Crippen LogP contribution in [0.2, 0.25) is 0 Å². The summed E-state index contributed by atoms with van der Waals surface area (Å²) < 4.78 is 24.4. The van der Waals surface area contributed by atoms with E-state index in [1.54, 1.807) is 24.3 Å². The first-order valence-corrected chi connectivity index (χ1v) is 6.55. The van der Waals surface area contributed by atoms with Crippen LogP contribution in [0.3, 0.4) is 0 Å². The van der Waals surface area contributed by atoms with Crippen molar-refractivity contribution in [1.82, 2.24) is 0 Å². The van der Waals surface area contributed by atoms with Gasteiger partial charge in [-0.15, -0.1) is 0 Å². The maximum atomic E-state index is 11.1. The minimum Gasteiger partial charge on any atom is -0.505 e. The average Bonchev–Trinajstić information content (AvgIpc) is 2.21. The first-order valence-electron chi connectivity index (χ1n) is 4.66. The normalized spacial score (nSPS) is 11.6. The van der Waals surface area contributed by atoms with Gasteiger partial charge in [-0.2, -0.15) is 0 Å². The Morgan fingerprint density at radius 2 is 1.81 bits per heavy atom. The van der Waals surface area contributed by atoms with Crippen molar-refractivity contribution in [2.45, 2.75) is 0 Å². The van der Waals surface area contributed by atoms with E-state index >= 15 is 0 Å². The molecule has 0 aromatic heterocycles. The van der Waals surface area contributed by atoms with Crippen molar-refractivity contribution in [3.63, 3.8) is 0 Å². The smallest absolute Gasteiger partial charge is 0.229 e. The predicted octanol–water partition coefficient (Wildman–Crippen LogP) is 1.92. The van der Waals surface area contributed by atoms with E-state index in [-0.39, 0.29) is 11.4 Å². The molecule has 2 aromatic rings. The second-order valence-electron chi connectivity index (χ2n) is 3.56. The summed E-state index contributed by atoms with van der Waals surface area (Å²) in [5.74, 6) is -0.0523. The topological polar surface area (TPSA) is 66.4 Å². The van der Waals surface area contributed by atoms with E-state index in [0.29, 0.717) is 5.39 Å². The Kier molecular flexibility index (Phi) is 2.47. The lowest BCUT2D eigenvalue weighted by atomic mass is 10.1. The van der Waals surface area contributed by atoms with Crippen molar-refractivity contribution in [3.05, 3.63) is 36.4 Å². The van der Waals surface area contributed by atoms with Gasteiger partial charge in [0.1, 0.15) is 5.75 Å². The zero-order chi connectivity index (χ0) is 11.8. The first-order chi connectivity index (χ1) is 7.47. The molecule has 0 spiro atoms. The van der Waals surface area contributed by atoms with Crippen molar-refractivity contribution in [2.24, 2.45) is 0 Å². The molecule has 0 aliphatic carbocycles. The van der Waals surface area contributed by atoms with Gasteiger partial charge < -0.3 is 5.11 Å². The minimum atomic E-state index is -3.38. The predicted molar refractivity (Wildman–Crippen MR) is 64.1 cm³/mol. The Morgan fingerprint density at radius 3 is 2.50 bits per heavy atom. The second kappa shape index (κ2) is 3.68. The van der Waals surface area contributed by atoms with Crippen molar-refractivity contribution >= 4 is 26.5 Å².